The second-order valence-corrected chi connectivity index (χ2v) is 5.04. The molecule has 1 aromatic carbocycles. The molecule has 1 heterocycles. The monoisotopic (exact) mass is 275 g/mol. The standard InChI is InChI=1S/C16H21NO3/c1-2-3-7-14(16(18)19)17-10-12-9-13-6-4-5-8-15(13)20-11-12/h4-6,8-9,14,17H,2-3,7,10-11H2,1H3,(H,18,19). The quantitative estimate of drug-likeness (QED) is 0.803. The zero-order valence-corrected chi connectivity index (χ0v) is 11.8. The second kappa shape index (κ2) is 7.10. The van der Waals surface area contributed by atoms with Crippen molar-refractivity contribution >= 4 is 12.0 Å². The number of carbonyl (C=O) groups is 1. The number of para-hydroxylation sites is 1. The molecule has 1 aliphatic rings. The summed E-state index contributed by atoms with van der Waals surface area (Å²) in [6.45, 7) is 3.13. The molecular weight excluding hydrogens is 254 g/mol. The Bertz CT molecular complexity index is 496. The largest absolute Gasteiger partial charge is 0.489 e. The van der Waals surface area contributed by atoms with Gasteiger partial charge in [-0.05, 0) is 24.1 Å². The van der Waals surface area contributed by atoms with Crippen LogP contribution in [0, 0.1) is 0 Å². The molecule has 0 bridgehead atoms. The average Bonchev–Trinajstić information content (AvgIpc) is 2.46. The van der Waals surface area contributed by atoms with Gasteiger partial charge in [0.05, 0.1) is 0 Å². The van der Waals surface area contributed by atoms with E-state index in [1.807, 2.05) is 24.3 Å². The normalized spacial score (nSPS) is 14.9. The van der Waals surface area contributed by atoms with Crippen LogP contribution in [0.15, 0.2) is 29.8 Å². The Kier molecular flexibility index (Phi) is 5.18. The second-order valence-electron chi connectivity index (χ2n) is 5.04. The lowest BCUT2D eigenvalue weighted by atomic mass is 10.1. The van der Waals surface area contributed by atoms with Gasteiger partial charge in [0.25, 0.3) is 0 Å². The Morgan fingerprint density at radius 1 is 1.45 bits per heavy atom. The van der Waals surface area contributed by atoms with E-state index in [1.165, 1.54) is 0 Å². The summed E-state index contributed by atoms with van der Waals surface area (Å²) in [6, 6.07) is 7.38. The maximum atomic E-state index is 11.2. The molecular formula is C16H21NO3. The third-order valence-corrected chi connectivity index (χ3v) is 3.41. The number of carboxylic acids is 1. The van der Waals surface area contributed by atoms with Crippen molar-refractivity contribution < 1.29 is 14.6 Å². The van der Waals surface area contributed by atoms with Gasteiger partial charge < -0.3 is 15.2 Å². The summed E-state index contributed by atoms with van der Waals surface area (Å²) in [5.74, 6) is 0.105. The van der Waals surface area contributed by atoms with Gasteiger partial charge in [-0.25, -0.2) is 0 Å². The lowest BCUT2D eigenvalue weighted by Gasteiger charge is -2.20. The van der Waals surface area contributed by atoms with Crippen LogP contribution in [0.1, 0.15) is 31.7 Å². The summed E-state index contributed by atoms with van der Waals surface area (Å²) in [6.07, 6.45) is 4.66. The molecule has 0 amide bonds. The summed E-state index contributed by atoms with van der Waals surface area (Å²) in [4.78, 5) is 11.2. The van der Waals surface area contributed by atoms with Gasteiger partial charge in [0.15, 0.2) is 0 Å². The molecule has 2 rings (SSSR count). The van der Waals surface area contributed by atoms with Crippen LogP contribution in [0.25, 0.3) is 6.08 Å². The minimum Gasteiger partial charge on any atom is -0.489 e. The van der Waals surface area contributed by atoms with Crippen LogP contribution in [0.5, 0.6) is 5.75 Å². The van der Waals surface area contributed by atoms with E-state index < -0.39 is 12.0 Å². The molecule has 1 aliphatic heterocycles. The molecule has 4 nitrogen and oxygen atoms in total. The Hall–Kier alpha value is -1.81. The molecule has 0 fully saturated rings. The predicted molar refractivity (Wildman–Crippen MR) is 78.9 cm³/mol. The fourth-order valence-electron chi connectivity index (χ4n) is 2.24. The Morgan fingerprint density at radius 2 is 2.25 bits per heavy atom. The highest BCUT2D eigenvalue weighted by Crippen LogP contribution is 2.25. The van der Waals surface area contributed by atoms with Crippen molar-refractivity contribution in [2.45, 2.75) is 32.2 Å². The molecule has 4 heteroatoms. The van der Waals surface area contributed by atoms with Crippen molar-refractivity contribution in [2.24, 2.45) is 0 Å². The third-order valence-electron chi connectivity index (χ3n) is 3.41. The van der Waals surface area contributed by atoms with Crippen molar-refractivity contribution in [3.05, 3.63) is 35.4 Å². The summed E-state index contributed by atoms with van der Waals surface area (Å²) < 4.78 is 5.65. The van der Waals surface area contributed by atoms with Crippen molar-refractivity contribution in [1.29, 1.82) is 0 Å². The van der Waals surface area contributed by atoms with Crippen LogP contribution in [0.3, 0.4) is 0 Å². The van der Waals surface area contributed by atoms with Crippen LogP contribution in [0.4, 0.5) is 0 Å². The molecule has 0 aliphatic carbocycles. The fourth-order valence-corrected chi connectivity index (χ4v) is 2.24. The molecule has 20 heavy (non-hydrogen) atoms. The minimum atomic E-state index is -0.781. The summed E-state index contributed by atoms with van der Waals surface area (Å²) in [5.41, 5.74) is 2.13. The van der Waals surface area contributed by atoms with E-state index in [9.17, 15) is 9.90 Å². The van der Waals surface area contributed by atoms with Crippen molar-refractivity contribution in [3.8, 4) is 5.75 Å². The van der Waals surface area contributed by atoms with Gasteiger partial charge in [-0.15, -0.1) is 0 Å². The lowest BCUT2D eigenvalue weighted by molar-refractivity contribution is -0.139. The number of rotatable bonds is 7. The molecule has 1 atom stereocenters. The van der Waals surface area contributed by atoms with Gasteiger partial charge >= 0.3 is 5.97 Å². The van der Waals surface area contributed by atoms with E-state index in [1.54, 1.807) is 0 Å². The maximum absolute atomic E-state index is 11.2. The van der Waals surface area contributed by atoms with Crippen molar-refractivity contribution in [3.63, 3.8) is 0 Å². The number of aliphatic carboxylic acids is 1. The van der Waals surface area contributed by atoms with Crippen molar-refractivity contribution in [1.82, 2.24) is 5.32 Å². The Labute approximate surface area is 119 Å². The van der Waals surface area contributed by atoms with E-state index in [0.717, 1.165) is 29.7 Å². The molecule has 0 spiro atoms. The fraction of sp³-hybridized carbons (Fsp3) is 0.438. The Balaban J connectivity index is 1.94. The third kappa shape index (κ3) is 3.84. The first-order valence-electron chi connectivity index (χ1n) is 7.08. The van der Waals surface area contributed by atoms with Crippen LogP contribution in [-0.2, 0) is 4.79 Å². The number of nitrogens with one attached hydrogen (secondary N) is 1. The molecule has 0 saturated carbocycles. The first-order valence-corrected chi connectivity index (χ1v) is 7.08. The minimum absolute atomic E-state index is 0.479. The molecule has 2 N–H and O–H groups in total. The van der Waals surface area contributed by atoms with E-state index in [4.69, 9.17) is 4.74 Å². The van der Waals surface area contributed by atoms with Gasteiger partial charge in [-0.3, -0.25) is 4.79 Å². The van der Waals surface area contributed by atoms with E-state index >= 15 is 0 Å². The smallest absolute Gasteiger partial charge is 0.320 e. The predicted octanol–water partition coefficient (Wildman–Crippen LogP) is 2.70. The van der Waals surface area contributed by atoms with Crippen LogP contribution >= 0.6 is 0 Å². The number of fused-ring (bicyclic) bond motifs is 1. The van der Waals surface area contributed by atoms with Gasteiger partial charge in [0.1, 0.15) is 18.4 Å². The molecule has 0 radical (unpaired) electrons. The highest BCUT2D eigenvalue weighted by atomic mass is 16.5. The van der Waals surface area contributed by atoms with Crippen LogP contribution < -0.4 is 10.1 Å². The molecule has 1 unspecified atom stereocenters. The van der Waals surface area contributed by atoms with Gasteiger partial charge in [0, 0.05) is 12.1 Å². The Morgan fingerprint density at radius 3 is 3.00 bits per heavy atom. The van der Waals surface area contributed by atoms with Gasteiger partial charge in [-0.2, -0.15) is 0 Å². The summed E-state index contributed by atoms with van der Waals surface area (Å²) in [7, 11) is 0. The number of hydrogen-bond acceptors (Lipinski definition) is 3. The van der Waals surface area contributed by atoms with E-state index in [0.29, 0.717) is 19.6 Å². The number of carboxylic acid groups (broad SMARTS) is 1. The number of ether oxygens (including phenoxy) is 1. The molecule has 0 saturated heterocycles. The number of hydrogen-bond donors (Lipinski definition) is 2. The number of unbranched alkanes of at least 4 members (excludes halogenated alkanes) is 1. The SMILES string of the molecule is CCCCC(NCC1=Cc2ccccc2OC1)C(=O)O. The highest BCUT2D eigenvalue weighted by molar-refractivity contribution is 5.73. The summed E-state index contributed by atoms with van der Waals surface area (Å²) in [5, 5.41) is 12.3. The van der Waals surface area contributed by atoms with Gasteiger partial charge in [-0.1, -0.05) is 38.0 Å². The van der Waals surface area contributed by atoms with E-state index in [-0.39, 0.29) is 0 Å². The first-order chi connectivity index (χ1) is 9.70. The molecule has 1 aromatic rings. The highest BCUT2D eigenvalue weighted by Gasteiger charge is 2.17. The zero-order chi connectivity index (χ0) is 14.4. The van der Waals surface area contributed by atoms with Crippen molar-refractivity contribution in [2.75, 3.05) is 13.2 Å². The van der Waals surface area contributed by atoms with Crippen LogP contribution in [0.2, 0.25) is 0 Å². The molecule has 108 valence electrons. The number of benzene rings is 1. The van der Waals surface area contributed by atoms with Crippen LogP contribution in [-0.4, -0.2) is 30.3 Å². The maximum Gasteiger partial charge on any atom is 0.320 e. The topological polar surface area (TPSA) is 58.6 Å². The molecule has 0 aromatic heterocycles. The summed E-state index contributed by atoms with van der Waals surface area (Å²) >= 11 is 0. The average molecular weight is 275 g/mol. The zero-order valence-electron chi connectivity index (χ0n) is 11.8. The van der Waals surface area contributed by atoms with E-state index in [2.05, 4.69) is 18.3 Å². The lowest BCUT2D eigenvalue weighted by Crippen LogP contribution is -2.38. The van der Waals surface area contributed by atoms with Gasteiger partial charge in [0.2, 0.25) is 0 Å². The first kappa shape index (κ1) is 14.6.